The number of anilines is 2. The predicted molar refractivity (Wildman–Crippen MR) is 103 cm³/mol. The highest BCUT2D eigenvalue weighted by Gasteiger charge is 2.38. The zero-order chi connectivity index (χ0) is 18.1. The van der Waals surface area contributed by atoms with Crippen LogP contribution in [0.3, 0.4) is 0 Å². The van der Waals surface area contributed by atoms with Gasteiger partial charge in [0.15, 0.2) is 0 Å². The zero-order valence-corrected chi connectivity index (χ0v) is 15.7. The van der Waals surface area contributed by atoms with Crippen LogP contribution in [-0.4, -0.2) is 49.4 Å². The Morgan fingerprint density at radius 1 is 0.962 bits per heavy atom. The van der Waals surface area contributed by atoms with Crippen LogP contribution in [0.15, 0.2) is 24.3 Å². The van der Waals surface area contributed by atoms with Gasteiger partial charge in [0.05, 0.1) is 5.92 Å². The fourth-order valence-corrected chi connectivity index (χ4v) is 4.59. The molecular formula is C21H29N3O2. The second-order valence-electron chi connectivity index (χ2n) is 8.15. The third-order valence-corrected chi connectivity index (χ3v) is 6.08. The zero-order valence-electron chi connectivity index (χ0n) is 15.7. The van der Waals surface area contributed by atoms with Crippen LogP contribution in [0.25, 0.3) is 0 Å². The maximum atomic E-state index is 12.8. The number of rotatable bonds is 3. The van der Waals surface area contributed by atoms with Crippen molar-refractivity contribution in [1.29, 1.82) is 0 Å². The minimum absolute atomic E-state index is 0.0716. The van der Waals surface area contributed by atoms with Gasteiger partial charge in [-0.15, -0.1) is 0 Å². The Labute approximate surface area is 155 Å². The molecule has 2 unspecified atom stereocenters. The van der Waals surface area contributed by atoms with E-state index < -0.39 is 0 Å². The highest BCUT2D eigenvalue weighted by molar-refractivity contribution is 6.00. The lowest BCUT2D eigenvalue weighted by Crippen LogP contribution is -2.43. The Hall–Kier alpha value is -2.04. The van der Waals surface area contributed by atoms with E-state index in [1.807, 2.05) is 17.0 Å². The number of piperidine rings is 1. The van der Waals surface area contributed by atoms with E-state index in [4.69, 9.17) is 0 Å². The molecule has 0 aromatic heterocycles. The molecule has 5 nitrogen and oxygen atoms in total. The van der Waals surface area contributed by atoms with Gasteiger partial charge in [0, 0.05) is 50.5 Å². The quantitative estimate of drug-likeness (QED) is 0.837. The first kappa shape index (κ1) is 17.4. The number of amides is 2. The van der Waals surface area contributed by atoms with Crippen LogP contribution >= 0.6 is 0 Å². The molecule has 26 heavy (non-hydrogen) atoms. The average Bonchev–Trinajstić information content (AvgIpc) is 3.31. The van der Waals surface area contributed by atoms with E-state index in [2.05, 4.69) is 24.0 Å². The van der Waals surface area contributed by atoms with Crippen molar-refractivity contribution in [2.45, 2.75) is 39.0 Å². The molecule has 140 valence electrons. The molecule has 0 aliphatic carbocycles. The van der Waals surface area contributed by atoms with E-state index in [1.165, 1.54) is 24.9 Å². The monoisotopic (exact) mass is 355 g/mol. The van der Waals surface area contributed by atoms with Gasteiger partial charge in [-0.2, -0.15) is 0 Å². The molecule has 3 saturated heterocycles. The molecule has 0 N–H and O–H groups in total. The molecule has 4 rings (SSSR count). The molecule has 1 aromatic rings. The second kappa shape index (κ2) is 7.29. The van der Waals surface area contributed by atoms with Crippen molar-refractivity contribution in [3.05, 3.63) is 24.3 Å². The number of carbonyl (C=O) groups is 2. The third kappa shape index (κ3) is 3.44. The molecule has 5 heteroatoms. The lowest BCUT2D eigenvalue weighted by atomic mass is 9.98. The smallest absolute Gasteiger partial charge is 0.228 e. The molecule has 0 saturated carbocycles. The van der Waals surface area contributed by atoms with Crippen molar-refractivity contribution in [2.75, 3.05) is 42.5 Å². The van der Waals surface area contributed by atoms with Crippen LogP contribution in [0.1, 0.15) is 39.0 Å². The number of carbonyl (C=O) groups excluding carboxylic acids is 2. The Balaban J connectivity index is 1.41. The minimum Gasteiger partial charge on any atom is -0.372 e. The first-order valence-corrected chi connectivity index (χ1v) is 10.1. The molecule has 2 amide bonds. The summed E-state index contributed by atoms with van der Waals surface area (Å²) >= 11 is 0. The minimum atomic E-state index is -0.189. The summed E-state index contributed by atoms with van der Waals surface area (Å²) in [6, 6.07) is 8.27. The average molecular weight is 355 g/mol. The Morgan fingerprint density at radius 3 is 2.35 bits per heavy atom. The highest BCUT2D eigenvalue weighted by atomic mass is 16.2. The van der Waals surface area contributed by atoms with Crippen LogP contribution in [-0.2, 0) is 9.59 Å². The van der Waals surface area contributed by atoms with Gasteiger partial charge in [-0.3, -0.25) is 9.59 Å². The molecule has 3 fully saturated rings. The number of nitrogens with zero attached hydrogens (tertiary/aromatic N) is 3. The Bertz CT molecular complexity index is 666. The summed E-state index contributed by atoms with van der Waals surface area (Å²) in [5.74, 6) is 0.619. The molecular weight excluding hydrogens is 326 g/mol. The van der Waals surface area contributed by atoms with E-state index in [-0.39, 0.29) is 17.7 Å². The van der Waals surface area contributed by atoms with Gasteiger partial charge in [0.2, 0.25) is 11.8 Å². The van der Waals surface area contributed by atoms with Crippen LogP contribution in [0.4, 0.5) is 11.4 Å². The predicted octanol–water partition coefficient (Wildman–Crippen LogP) is 2.90. The summed E-state index contributed by atoms with van der Waals surface area (Å²) in [5.41, 5.74) is 2.15. The van der Waals surface area contributed by atoms with Crippen molar-refractivity contribution in [1.82, 2.24) is 4.90 Å². The summed E-state index contributed by atoms with van der Waals surface area (Å²) in [6.07, 6.45) is 5.13. The molecule has 3 aliphatic rings. The number of hydrogen-bond acceptors (Lipinski definition) is 3. The van der Waals surface area contributed by atoms with E-state index >= 15 is 0 Å². The van der Waals surface area contributed by atoms with Crippen LogP contribution in [0.2, 0.25) is 0 Å². The van der Waals surface area contributed by atoms with Crippen molar-refractivity contribution in [3.8, 4) is 0 Å². The Kier molecular flexibility index (Phi) is 4.88. The first-order chi connectivity index (χ1) is 12.6. The van der Waals surface area contributed by atoms with Gasteiger partial charge >= 0.3 is 0 Å². The van der Waals surface area contributed by atoms with Crippen molar-refractivity contribution in [2.24, 2.45) is 11.8 Å². The number of hydrogen-bond donors (Lipinski definition) is 0. The molecule has 2 atom stereocenters. The van der Waals surface area contributed by atoms with Gasteiger partial charge in [-0.05, 0) is 55.9 Å². The van der Waals surface area contributed by atoms with E-state index in [0.29, 0.717) is 18.9 Å². The summed E-state index contributed by atoms with van der Waals surface area (Å²) in [5, 5.41) is 0. The lowest BCUT2D eigenvalue weighted by Gasteiger charge is -2.32. The fourth-order valence-electron chi connectivity index (χ4n) is 4.59. The first-order valence-electron chi connectivity index (χ1n) is 10.1. The van der Waals surface area contributed by atoms with E-state index in [9.17, 15) is 9.59 Å². The fraction of sp³-hybridized carbons (Fsp3) is 0.619. The van der Waals surface area contributed by atoms with Gasteiger partial charge in [0.25, 0.3) is 0 Å². The topological polar surface area (TPSA) is 43.9 Å². The molecule has 3 aliphatic heterocycles. The van der Waals surface area contributed by atoms with Crippen LogP contribution < -0.4 is 9.80 Å². The molecule has 0 spiro atoms. The summed E-state index contributed by atoms with van der Waals surface area (Å²) in [7, 11) is 0. The Morgan fingerprint density at radius 2 is 1.65 bits per heavy atom. The van der Waals surface area contributed by atoms with E-state index in [0.717, 1.165) is 38.3 Å². The van der Waals surface area contributed by atoms with Gasteiger partial charge in [-0.1, -0.05) is 6.92 Å². The van der Waals surface area contributed by atoms with Gasteiger partial charge in [0.1, 0.15) is 0 Å². The number of benzene rings is 1. The molecule has 3 heterocycles. The summed E-state index contributed by atoms with van der Waals surface area (Å²) in [6.45, 7) is 6.64. The van der Waals surface area contributed by atoms with Crippen molar-refractivity contribution in [3.63, 3.8) is 0 Å². The van der Waals surface area contributed by atoms with Crippen LogP contribution in [0.5, 0.6) is 0 Å². The van der Waals surface area contributed by atoms with Crippen molar-refractivity contribution < 1.29 is 9.59 Å². The highest BCUT2D eigenvalue weighted by Crippen LogP contribution is 2.30. The van der Waals surface area contributed by atoms with Crippen LogP contribution in [0, 0.1) is 11.8 Å². The molecule has 0 bridgehead atoms. The maximum absolute atomic E-state index is 12.8. The lowest BCUT2D eigenvalue weighted by molar-refractivity contribution is -0.137. The second-order valence-corrected chi connectivity index (χ2v) is 8.15. The molecule has 0 radical (unpaired) electrons. The third-order valence-electron chi connectivity index (χ3n) is 6.08. The van der Waals surface area contributed by atoms with Gasteiger partial charge < -0.3 is 14.7 Å². The van der Waals surface area contributed by atoms with E-state index in [1.54, 1.807) is 4.90 Å². The summed E-state index contributed by atoms with van der Waals surface area (Å²) in [4.78, 5) is 31.5. The molecule has 1 aromatic carbocycles. The SMILES string of the molecule is CC1CCCN(C(=O)C2CC(=O)N(c3ccc(N4CCCC4)cc3)C2)C1. The summed E-state index contributed by atoms with van der Waals surface area (Å²) < 4.78 is 0. The maximum Gasteiger partial charge on any atom is 0.228 e. The largest absolute Gasteiger partial charge is 0.372 e. The standard InChI is InChI=1S/C21H29N3O2/c1-16-5-4-12-23(14-16)21(26)17-13-20(25)24(15-17)19-8-6-18(7-9-19)22-10-2-3-11-22/h6-9,16-17H,2-5,10-15H2,1H3. The number of likely N-dealkylation sites (tertiary alicyclic amines) is 1. The van der Waals surface area contributed by atoms with Gasteiger partial charge in [-0.25, -0.2) is 0 Å². The normalized spacial score (nSPS) is 26.7. The van der Waals surface area contributed by atoms with Crippen molar-refractivity contribution >= 4 is 23.2 Å².